The van der Waals surface area contributed by atoms with Crippen molar-refractivity contribution in [1.82, 2.24) is 77.4 Å². The number of hydrogen-bond donors (Lipinski definition) is 16. The third-order valence-electron chi connectivity index (χ3n) is 20.0. The van der Waals surface area contributed by atoms with Gasteiger partial charge in [0.1, 0.15) is 36.5 Å². The van der Waals surface area contributed by atoms with E-state index < -0.39 is 148 Å². The largest absolute Gasteiger partial charge is 0.480 e. The number of fused-ring (bicyclic) bond motifs is 9. The number of thiol groups is 1. The molecule has 7 heterocycles. The highest BCUT2D eigenvalue weighted by Gasteiger charge is 2.46. The molecule has 2 aliphatic heterocycles. The Labute approximate surface area is 679 Å². The molecule has 5 aromatic heterocycles. The number of H-pyrrole nitrogens is 3. The van der Waals surface area contributed by atoms with Crippen LogP contribution in [-0.4, -0.2) is 211 Å². The molecule has 9 atom stereocenters. The molecule has 116 heavy (non-hydrogen) atoms. The van der Waals surface area contributed by atoms with E-state index >= 15 is 0 Å². The molecule has 6 aromatic rings. The number of rotatable bonds is 39. The Morgan fingerprint density at radius 2 is 1.38 bits per heavy atom. The number of pyridine rings is 1. The quantitative estimate of drug-likeness (QED) is 0.00461. The summed E-state index contributed by atoms with van der Waals surface area (Å²) in [5, 5.41) is 33.7. The van der Waals surface area contributed by atoms with Crippen molar-refractivity contribution in [3.8, 4) is 0 Å². The summed E-state index contributed by atoms with van der Waals surface area (Å²) in [6, 6.07) is 8.62. The molecule has 16 N–H and O–H groups in total. The number of nitrogens with two attached hydrogens (primary N) is 1. The molecule has 0 saturated heterocycles. The Kier molecular flexibility index (Phi) is 31.1. The van der Waals surface area contributed by atoms with Gasteiger partial charge in [-0.25, -0.2) is 14.6 Å². The van der Waals surface area contributed by atoms with Crippen LogP contribution in [0.4, 0.5) is 16.3 Å². The van der Waals surface area contributed by atoms with E-state index in [0.717, 1.165) is 39.4 Å². The maximum atomic E-state index is 14.7. The Hall–Kier alpha value is -11.0. The van der Waals surface area contributed by atoms with Crippen molar-refractivity contribution in [3.63, 3.8) is 0 Å². The van der Waals surface area contributed by atoms with Gasteiger partial charge in [0.05, 0.1) is 60.0 Å². The molecule has 0 radical (unpaired) electrons. The highest BCUT2D eigenvalue weighted by atomic mass is 33.1. The average Bonchev–Trinajstić information content (AvgIpc) is 1.56. The minimum absolute atomic E-state index is 0.0244. The number of carbonyl (C=O) groups excluding carboxylic acids is 11. The van der Waals surface area contributed by atoms with Gasteiger partial charge >= 0.3 is 18.0 Å². The number of aromatic amines is 3. The first-order valence-corrected chi connectivity index (χ1v) is 42.2. The molecule has 1 aromatic carbocycles. The third kappa shape index (κ3) is 23.2. The molecule has 3 aliphatic rings. The van der Waals surface area contributed by atoms with Crippen molar-refractivity contribution < 1.29 is 85.1 Å². The van der Waals surface area contributed by atoms with E-state index in [4.69, 9.17) is 25.2 Å². The molecule has 40 heteroatoms. The van der Waals surface area contributed by atoms with Gasteiger partial charge in [-0.2, -0.15) is 21.0 Å². The van der Waals surface area contributed by atoms with Crippen LogP contribution in [0.2, 0.25) is 0 Å². The first kappa shape index (κ1) is 89.0. The molecule has 9 rings (SSSR count). The van der Waals surface area contributed by atoms with Crippen LogP contribution in [0, 0.1) is 13.8 Å². The summed E-state index contributed by atoms with van der Waals surface area (Å²) >= 11 is 4.09. The van der Waals surface area contributed by atoms with Crippen LogP contribution in [-0.2, 0) is 64.5 Å². The Morgan fingerprint density at radius 3 is 2.08 bits per heavy atom. The standard InChI is InChI=1S/C76H95N17O19S4/c1-9-45-37(3)48-30-53-62(41(7)94)39(5)50(87-53)28-49-38(4)46(66(90-49)64-65(75(106)111-8)69(99)63-40(6)51(91-68(63)64)29-52(45)86-48)15-18-60(97)88-47(16-19-58(95)79-23-27-116(108,109)110)71(101)80-20-21-81-76(107)112-24-26-114-115-35-56(74(104)105)92-72(102)55(32-61(98)78-22-25-113)89-59(96)17-10-36(2)84-70(100)42-11-13-43(14-12-42)82-33-44-34-83-54-31-57(77)93-73(103)67(54)85-44/h11-14,28-31,34,36-38,45-47,55-56,65,82,87,91,113H,9-10,15-27,32-33,35H2,1-8H3,(H,78,98)(H,79,95)(H,80,101)(H,81,107)(H,84,100)(H,88,97)(H,89,96)(H,92,102)(H,104,105)(H3,77,93,103)(H,108,109,110)/t36-,37-,38+,45-,46+,47+,55+,56+,65?/m1/s1. The predicted octanol–water partition coefficient (Wildman–Crippen LogP) is 4.96. The van der Waals surface area contributed by atoms with Gasteiger partial charge in [-0.15, -0.1) is 0 Å². The SMILES string of the molecule is CC[C@H]1c2cc3[nH]c4c(c3C)C(=O)C(C(=O)OC)c4c3nc(cc4[nH]c(cc(n2)[C@@H]1C)c(C(C)=O)c4C)[C@@H](C)[C@@H]3CCC(=O)N[C@@H](CCC(=O)NCCS(=O)(=O)O)C(=O)NCCNC(=O)OCCSSC[C@H](NC(=O)[C@H](CC(=O)NCCS)NC(=O)CC[C@@H](C)NC(=O)c1ccc(NCc2cnc3cc(N)[nH]c(=O)c3n2)cc1)C(=O)O. The van der Waals surface area contributed by atoms with Gasteiger partial charge in [0.25, 0.3) is 21.6 Å². The minimum atomic E-state index is -4.45. The summed E-state index contributed by atoms with van der Waals surface area (Å²) in [7, 11) is -1.17. The van der Waals surface area contributed by atoms with Crippen molar-refractivity contribution in [2.24, 2.45) is 0 Å². The fourth-order valence-electron chi connectivity index (χ4n) is 13.9. The second-order valence-electron chi connectivity index (χ2n) is 28.3. The lowest BCUT2D eigenvalue weighted by atomic mass is 9.83. The summed E-state index contributed by atoms with van der Waals surface area (Å²) in [5.74, 6) is -11.0. The zero-order chi connectivity index (χ0) is 84.4. The lowest BCUT2D eigenvalue weighted by Gasteiger charge is -2.21. The van der Waals surface area contributed by atoms with E-state index in [-0.39, 0.29) is 122 Å². The lowest BCUT2D eigenvalue weighted by molar-refractivity contribution is -0.142. The maximum Gasteiger partial charge on any atom is 0.407 e. The number of alkyl carbamates (subject to hydrolysis) is 1. The molecule has 8 bridgehead atoms. The number of ether oxygens (including phenoxy) is 2. The molecule has 1 unspecified atom stereocenters. The van der Waals surface area contributed by atoms with Crippen LogP contribution in [0.25, 0.3) is 33.1 Å². The molecule has 622 valence electrons. The molecule has 8 amide bonds. The predicted molar refractivity (Wildman–Crippen MR) is 437 cm³/mol. The van der Waals surface area contributed by atoms with Crippen LogP contribution in [0.3, 0.4) is 0 Å². The molecule has 36 nitrogen and oxygen atoms in total. The second-order valence-corrected chi connectivity index (χ2v) is 32.9. The molecule has 1 aliphatic carbocycles. The van der Waals surface area contributed by atoms with Gasteiger partial charge in [-0.1, -0.05) is 42.4 Å². The number of ketones is 2. The Morgan fingerprint density at radius 1 is 0.716 bits per heavy atom. The first-order valence-electron chi connectivity index (χ1n) is 37.5. The van der Waals surface area contributed by atoms with Gasteiger partial charge in [0.15, 0.2) is 17.1 Å². The number of carboxylic acids is 1. The number of nitrogens with zero attached hydrogens (tertiary/aromatic N) is 4. The van der Waals surface area contributed by atoms with E-state index in [1.807, 2.05) is 26.0 Å². The van der Waals surface area contributed by atoms with E-state index in [1.165, 1.54) is 26.3 Å². The molecular weight excluding hydrogens is 1580 g/mol. The Bertz CT molecular complexity index is 5130. The maximum absolute atomic E-state index is 14.7. The molecule has 0 saturated carbocycles. The summed E-state index contributed by atoms with van der Waals surface area (Å²) in [6.45, 7) is 12.0. The zero-order valence-corrected chi connectivity index (χ0v) is 68.3. The number of Topliss-reactive ketones (excluding diaryl/α,β-unsaturated/α-hetero) is 2. The van der Waals surface area contributed by atoms with Crippen LogP contribution in [0.1, 0.15) is 192 Å². The number of carboxylic acid groups (broad SMARTS) is 1. The van der Waals surface area contributed by atoms with E-state index in [0.29, 0.717) is 72.6 Å². The smallest absolute Gasteiger partial charge is 0.407 e. The van der Waals surface area contributed by atoms with Crippen LogP contribution >= 0.6 is 34.2 Å². The number of nitrogen functional groups attached to an aromatic ring is 1. The average molecular weight is 1680 g/mol. The Balaban J connectivity index is 0.764. The minimum Gasteiger partial charge on any atom is -0.480 e. The number of amides is 8. The third-order valence-corrected chi connectivity index (χ3v) is 23.4. The van der Waals surface area contributed by atoms with Gasteiger partial charge in [0.2, 0.25) is 35.4 Å². The molecular formula is C76H95N17O19S4. The number of methoxy groups -OCH3 is 1. The number of hydrogen-bond acceptors (Lipinski definition) is 26. The van der Waals surface area contributed by atoms with Gasteiger partial charge < -0.3 is 83.1 Å². The van der Waals surface area contributed by atoms with Gasteiger partial charge in [-0.05, 0) is 107 Å². The van der Waals surface area contributed by atoms with E-state index in [1.54, 1.807) is 44.2 Å². The summed E-state index contributed by atoms with van der Waals surface area (Å²) in [5.41, 5.74) is 13.7. The summed E-state index contributed by atoms with van der Waals surface area (Å²) in [4.78, 5) is 202. The van der Waals surface area contributed by atoms with Crippen molar-refractivity contribution in [3.05, 3.63) is 127 Å². The fourth-order valence-corrected chi connectivity index (χ4v) is 16.4. The normalized spacial score (nSPS) is 16.5. The number of aryl methyl sites for hydroxylation is 2. The number of aromatic nitrogens is 7. The number of benzene rings is 1. The topological polar surface area (TPSA) is 548 Å². The summed E-state index contributed by atoms with van der Waals surface area (Å²) < 4.78 is 42.5. The van der Waals surface area contributed by atoms with Crippen LogP contribution in [0.15, 0.2) is 59.5 Å². The fraction of sp³-hybridized carbons (Fsp3) is 0.461. The lowest BCUT2D eigenvalue weighted by Crippen LogP contribution is -2.53. The highest BCUT2D eigenvalue weighted by Crippen LogP contribution is 2.49. The van der Waals surface area contributed by atoms with Crippen molar-refractivity contribution in [2.75, 3.05) is 74.0 Å². The number of esters is 1. The number of nitrogens with one attached hydrogen (secondary N) is 12. The first-order chi connectivity index (χ1) is 55.2. The zero-order valence-electron chi connectivity index (χ0n) is 65.0. The van der Waals surface area contributed by atoms with Gasteiger partial charge in [0, 0.05) is 155 Å². The molecule has 0 spiro atoms. The van der Waals surface area contributed by atoms with E-state index in [9.17, 15) is 80.4 Å². The van der Waals surface area contributed by atoms with Crippen molar-refractivity contribution in [2.45, 2.75) is 160 Å². The van der Waals surface area contributed by atoms with Crippen molar-refractivity contribution in [1.29, 1.82) is 0 Å². The van der Waals surface area contributed by atoms with Gasteiger partial charge in [-0.3, -0.25) is 72.2 Å². The van der Waals surface area contributed by atoms with Crippen LogP contribution < -0.4 is 59.1 Å². The highest BCUT2D eigenvalue weighted by molar-refractivity contribution is 8.76. The number of anilines is 2. The number of carbonyl (C=O) groups is 12. The number of aliphatic carboxylic acids is 1. The van der Waals surface area contributed by atoms with Crippen LogP contribution in [0.5, 0.6) is 0 Å². The monoisotopic (exact) mass is 1680 g/mol. The summed E-state index contributed by atoms with van der Waals surface area (Å²) in [6.07, 6.45) is -0.299. The van der Waals surface area contributed by atoms with Crippen molar-refractivity contribution >= 4 is 160 Å². The van der Waals surface area contributed by atoms with E-state index in [2.05, 4.69) is 99.2 Å². The molecule has 0 fully saturated rings. The second kappa shape index (κ2) is 40.5.